The van der Waals surface area contributed by atoms with E-state index in [1.54, 1.807) is 13.8 Å². The molecule has 2 aromatic heterocycles. The van der Waals surface area contributed by atoms with Crippen molar-refractivity contribution in [3.8, 4) is 0 Å². The molecule has 0 aliphatic rings. The molecule has 0 aliphatic heterocycles. The van der Waals surface area contributed by atoms with Crippen LogP contribution in [0.2, 0.25) is 0 Å². The summed E-state index contributed by atoms with van der Waals surface area (Å²) in [6, 6.07) is -0.333. The topological polar surface area (TPSA) is 131 Å². The Balaban J connectivity index is 2.14. The summed E-state index contributed by atoms with van der Waals surface area (Å²) in [7, 11) is 0. The standard InChI is InChI=1S/C10H13N5O3S/c1-4(11)8-14-15-10(18-8)19-3-6-5(2)12-9(17)13-7(6)16/h4H,3,11H2,1-2H3,(H2,12,13,16,17). The number of hydrogen-bond donors (Lipinski definition) is 3. The second-order valence-corrected chi connectivity index (χ2v) is 4.92. The van der Waals surface area contributed by atoms with Crippen LogP contribution in [0.5, 0.6) is 0 Å². The molecule has 4 N–H and O–H groups in total. The second-order valence-electron chi connectivity index (χ2n) is 4.00. The Morgan fingerprint density at radius 3 is 2.68 bits per heavy atom. The van der Waals surface area contributed by atoms with Gasteiger partial charge in [-0.25, -0.2) is 4.79 Å². The van der Waals surface area contributed by atoms with Gasteiger partial charge in [-0.2, -0.15) is 0 Å². The van der Waals surface area contributed by atoms with Gasteiger partial charge in [0.2, 0.25) is 5.89 Å². The zero-order chi connectivity index (χ0) is 14.0. The Morgan fingerprint density at radius 2 is 2.11 bits per heavy atom. The van der Waals surface area contributed by atoms with Gasteiger partial charge in [-0.15, -0.1) is 10.2 Å². The van der Waals surface area contributed by atoms with Gasteiger partial charge in [-0.3, -0.25) is 9.78 Å². The number of hydrogen-bond acceptors (Lipinski definition) is 7. The predicted octanol–water partition coefficient (Wildman–Crippen LogP) is 0.0666. The van der Waals surface area contributed by atoms with Crippen LogP contribution in [0.3, 0.4) is 0 Å². The van der Waals surface area contributed by atoms with Gasteiger partial charge in [0.25, 0.3) is 10.8 Å². The van der Waals surface area contributed by atoms with Crippen molar-refractivity contribution >= 4 is 11.8 Å². The van der Waals surface area contributed by atoms with Gasteiger partial charge < -0.3 is 15.1 Å². The molecule has 1 atom stereocenters. The molecule has 0 bridgehead atoms. The molecule has 1 unspecified atom stereocenters. The van der Waals surface area contributed by atoms with E-state index in [2.05, 4.69) is 20.2 Å². The van der Waals surface area contributed by atoms with Gasteiger partial charge in [0.05, 0.1) is 6.04 Å². The van der Waals surface area contributed by atoms with Crippen LogP contribution in [0.4, 0.5) is 0 Å². The molecule has 9 heteroatoms. The second kappa shape index (κ2) is 5.41. The van der Waals surface area contributed by atoms with Crippen LogP contribution in [0.1, 0.15) is 30.1 Å². The third kappa shape index (κ3) is 3.12. The molecule has 8 nitrogen and oxygen atoms in total. The molecule has 102 valence electrons. The Labute approximate surface area is 111 Å². The third-order valence-corrected chi connectivity index (χ3v) is 3.25. The number of nitrogens with two attached hydrogens (primary N) is 1. The first-order chi connectivity index (χ1) is 8.97. The fraction of sp³-hybridized carbons (Fsp3) is 0.400. The van der Waals surface area contributed by atoms with E-state index in [1.165, 1.54) is 11.8 Å². The Kier molecular flexibility index (Phi) is 3.86. The van der Waals surface area contributed by atoms with Crippen molar-refractivity contribution in [2.75, 3.05) is 0 Å². The SMILES string of the molecule is Cc1[nH]c(=O)[nH]c(=O)c1CSc1nnc(C(C)N)o1. The van der Waals surface area contributed by atoms with Crippen molar-refractivity contribution in [2.45, 2.75) is 30.9 Å². The Morgan fingerprint density at radius 1 is 1.37 bits per heavy atom. The van der Waals surface area contributed by atoms with Gasteiger partial charge in [0.15, 0.2) is 0 Å². The molecule has 0 spiro atoms. The van der Waals surface area contributed by atoms with E-state index in [0.29, 0.717) is 28.1 Å². The van der Waals surface area contributed by atoms with Gasteiger partial charge in [0.1, 0.15) is 0 Å². The average molecular weight is 283 g/mol. The monoisotopic (exact) mass is 283 g/mol. The molecule has 0 amide bonds. The highest BCUT2D eigenvalue weighted by Gasteiger charge is 2.12. The van der Waals surface area contributed by atoms with Crippen LogP contribution in [0.15, 0.2) is 19.2 Å². The fourth-order valence-electron chi connectivity index (χ4n) is 1.40. The van der Waals surface area contributed by atoms with E-state index in [-0.39, 0.29) is 6.04 Å². The molecule has 0 aliphatic carbocycles. The van der Waals surface area contributed by atoms with Crippen LogP contribution in [-0.4, -0.2) is 20.2 Å². The van der Waals surface area contributed by atoms with E-state index in [9.17, 15) is 9.59 Å². The first-order valence-electron chi connectivity index (χ1n) is 5.51. The molecular formula is C10H13N5O3S. The summed E-state index contributed by atoms with van der Waals surface area (Å²) in [6.45, 7) is 3.40. The van der Waals surface area contributed by atoms with Crippen molar-refractivity contribution in [2.24, 2.45) is 5.73 Å². The third-order valence-electron chi connectivity index (χ3n) is 2.41. The minimum atomic E-state index is -0.520. The minimum absolute atomic E-state index is 0.318. The number of rotatable bonds is 4. The number of nitrogens with one attached hydrogen (secondary N) is 2. The van der Waals surface area contributed by atoms with E-state index in [1.807, 2.05) is 0 Å². The number of thioether (sulfide) groups is 1. The highest BCUT2D eigenvalue weighted by molar-refractivity contribution is 7.98. The largest absolute Gasteiger partial charge is 0.414 e. The van der Waals surface area contributed by atoms with Crippen molar-refractivity contribution in [1.82, 2.24) is 20.2 Å². The van der Waals surface area contributed by atoms with E-state index < -0.39 is 11.2 Å². The van der Waals surface area contributed by atoms with Crippen LogP contribution >= 0.6 is 11.8 Å². The first kappa shape index (κ1) is 13.6. The van der Waals surface area contributed by atoms with Gasteiger partial charge in [-0.1, -0.05) is 11.8 Å². The lowest BCUT2D eigenvalue weighted by molar-refractivity contribution is 0.394. The first-order valence-corrected chi connectivity index (χ1v) is 6.50. The summed E-state index contributed by atoms with van der Waals surface area (Å²) in [5, 5.41) is 7.92. The van der Waals surface area contributed by atoms with E-state index in [0.717, 1.165) is 0 Å². The summed E-state index contributed by atoms with van der Waals surface area (Å²) in [6.07, 6.45) is 0. The smallest absolute Gasteiger partial charge is 0.325 e. The van der Waals surface area contributed by atoms with Gasteiger partial charge >= 0.3 is 5.69 Å². The van der Waals surface area contributed by atoms with Crippen LogP contribution in [0, 0.1) is 6.92 Å². The van der Waals surface area contributed by atoms with E-state index in [4.69, 9.17) is 10.2 Å². The zero-order valence-corrected chi connectivity index (χ0v) is 11.2. The number of aryl methyl sites for hydroxylation is 1. The molecule has 0 radical (unpaired) electrons. The lowest BCUT2D eigenvalue weighted by Gasteiger charge is -2.01. The molecule has 0 aromatic carbocycles. The quantitative estimate of drug-likeness (QED) is 0.676. The van der Waals surface area contributed by atoms with Crippen molar-refractivity contribution in [1.29, 1.82) is 0 Å². The Bertz CT molecular complexity index is 687. The van der Waals surface area contributed by atoms with Crippen LogP contribution in [-0.2, 0) is 5.75 Å². The average Bonchev–Trinajstić information content (AvgIpc) is 2.76. The van der Waals surface area contributed by atoms with Crippen LogP contribution in [0.25, 0.3) is 0 Å². The van der Waals surface area contributed by atoms with Crippen molar-refractivity contribution < 1.29 is 4.42 Å². The van der Waals surface area contributed by atoms with E-state index >= 15 is 0 Å². The number of aromatic nitrogens is 4. The van der Waals surface area contributed by atoms with Gasteiger partial charge in [-0.05, 0) is 13.8 Å². The van der Waals surface area contributed by atoms with Crippen molar-refractivity contribution in [3.63, 3.8) is 0 Å². The maximum Gasteiger partial charge on any atom is 0.325 e. The zero-order valence-electron chi connectivity index (χ0n) is 10.4. The molecule has 0 fully saturated rings. The maximum absolute atomic E-state index is 11.6. The summed E-state index contributed by atoms with van der Waals surface area (Å²) in [5.41, 5.74) is 5.65. The highest BCUT2D eigenvalue weighted by atomic mass is 32.2. The number of H-pyrrole nitrogens is 2. The number of nitrogens with zero attached hydrogens (tertiary/aromatic N) is 2. The molecule has 0 saturated carbocycles. The molecule has 2 heterocycles. The lowest BCUT2D eigenvalue weighted by Crippen LogP contribution is -2.26. The molecule has 2 rings (SSSR count). The van der Waals surface area contributed by atoms with Gasteiger partial charge in [0, 0.05) is 17.0 Å². The minimum Gasteiger partial charge on any atom is -0.414 e. The normalized spacial score (nSPS) is 12.6. The summed E-state index contributed by atoms with van der Waals surface area (Å²) < 4.78 is 5.30. The summed E-state index contributed by atoms with van der Waals surface area (Å²) >= 11 is 1.21. The lowest BCUT2D eigenvalue weighted by atomic mass is 10.3. The molecular weight excluding hydrogens is 270 g/mol. The molecule has 19 heavy (non-hydrogen) atoms. The van der Waals surface area contributed by atoms with Crippen molar-refractivity contribution in [3.05, 3.63) is 38.0 Å². The number of aromatic amines is 2. The highest BCUT2D eigenvalue weighted by Crippen LogP contribution is 2.21. The molecule has 0 saturated heterocycles. The predicted molar refractivity (Wildman–Crippen MR) is 68.9 cm³/mol. The maximum atomic E-state index is 11.6. The summed E-state index contributed by atoms with van der Waals surface area (Å²) in [5.74, 6) is 0.660. The van der Waals surface area contributed by atoms with Crippen LogP contribution < -0.4 is 17.0 Å². The fourth-order valence-corrected chi connectivity index (χ4v) is 2.25. The molecule has 2 aromatic rings. The Hall–Kier alpha value is -1.87. The summed E-state index contributed by atoms with van der Waals surface area (Å²) in [4.78, 5) is 27.4.